The van der Waals surface area contributed by atoms with Crippen LogP contribution in [0.25, 0.3) is 0 Å². The number of hydrogen-bond donors (Lipinski definition) is 3. The van der Waals surface area contributed by atoms with Crippen LogP contribution in [-0.2, 0) is 14.3 Å². The maximum absolute atomic E-state index is 12.4. The van der Waals surface area contributed by atoms with Gasteiger partial charge in [0, 0.05) is 12.8 Å². The normalized spacial score (nSPS) is 12.7. The predicted octanol–water partition coefficient (Wildman–Crippen LogP) is 15.7. The average Bonchev–Trinajstić information content (AvgIpc) is 3.24. The summed E-state index contributed by atoms with van der Waals surface area (Å²) in [5.74, 6) is -0.0440. The first-order chi connectivity index (χ1) is 29.0. The van der Waals surface area contributed by atoms with E-state index >= 15 is 0 Å². The standard InChI is InChI=1S/C53H103NO5/c1-3-5-7-9-11-13-14-15-16-17-21-24-27-31-35-39-43-47-53(58)59-48-44-40-36-32-28-25-22-19-18-20-23-26-30-34-38-42-46-52(57)54-50(49-55)51(56)45-41-37-33-29-12-10-8-6-4-2/h15-16,50-51,55-56H,3-14,17-49H2,1-2H3,(H,54,57)/b16-15-. The van der Waals surface area contributed by atoms with Gasteiger partial charge in [-0.05, 0) is 51.4 Å². The minimum absolute atomic E-state index is 0.000210. The van der Waals surface area contributed by atoms with Crippen molar-refractivity contribution in [2.24, 2.45) is 0 Å². The fourth-order valence-electron chi connectivity index (χ4n) is 8.22. The summed E-state index contributed by atoms with van der Waals surface area (Å²) in [6, 6.07) is -0.544. The van der Waals surface area contributed by atoms with Crippen LogP contribution >= 0.6 is 0 Å². The number of nitrogens with one attached hydrogen (secondary N) is 1. The Morgan fingerprint density at radius 3 is 1.20 bits per heavy atom. The molecule has 0 heterocycles. The van der Waals surface area contributed by atoms with Crippen LogP contribution in [0.4, 0.5) is 0 Å². The van der Waals surface area contributed by atoms with E-state index in [4.69, 9.17) is 4.74 Å². The summed E-state index contributed by atoms with van der Waals surface area (Å²) in [6.45, 7) is 4.92. The molecule has 0 aromatic rings. The van der Waals surface area contributed by atoms with Gasteiger partial charge in [-0.1, -0.05) is 238 Å². The van der Waals surface area contributed by atoms with Crippen LogP contribution in [0.5, 0.6) is 0 Å². The summed E-state index contributed by atoms with van der Waals surface area (Å²) in [5.41, 5.74) is 0. The Kier molecular flexibility index (Phi) is 48.1. The van der Waals surface area contributed by atoms with Gasteiger partial charge in [-0.25, -0.2) is 0 Å². The van der Waals surface area contributed by atoms with E-state index in [0.29, 0.717) is 25.9 Å². The van der Waals surface area contributed by atoms with E-state index in [2.05, 4.69) is 31.3 Å². The van der Waals surface area contributed by atoms with Gasteiger partial charge in [0.1, 0.15) is 0 Å². The lowest BCUT2D eigenvalue weighted by Crippen LogP contribution is -2.45. The highest BCUT2D eigenvalue weighted by Gasteiger charge is 2.20. The third-order valence-corrected chi connectivity index (χ3v) is 12.3. The highest BCUT2D eigenvalue weighted by atomic mass is 16.5. The summed E-state index contributed by atoms with van der Waals surface area (Å²) < 4.78 is 5.48. The summed E-state index contributed by atoms with van der Waals surface area (Å²) in [5, 5.41) is 23.1. The molecule has 0 aromatic heterocycles. The summed E-state index contributed by atoms with van der Waals surface area (Å²) in [6.07, 6.45) is 56.2. The van der Waals surface area contributed by atoms with Gasteiger partial charge in [0.05, 0.1) is 25.4 Å². The van der Waals surface area contributed by atoms with Crippen LogP contribution in [0.1, 0.15) is 290 Å². The second kappa shape index (κ2) is 49.3. The topological polar surface area (TPSA) is 95.9 Å². The first-order valence-electron chi connectivity index (χ1n) is 26.4. The molecule has 0 radical (unpaired) electrons. The minimum atomic E-state index is -0.666. The SMILES string of the molecule is CCCCCCCC/C=C\CCCCCCCCCC(=O)OCCCCCCCCCCCCCCCCCCC(=O)NC(CO)C(O)CCCCCCCCCCC. The number of amides is 1. The van der Waals surface area contributed by atoms with Crippen molar-refractivity contribution in [3.8, 4) is 0 Å². The quantitative estimate of drug-likeness (QED) is 0.0322. The monoisotopic (exact) mass is 834 g/mol. The molecule has 0 aliphatic heterocycles. The third-order valence-electron chi connectivity index (χ3n) is 12.3. The molecule has 59 heavy (non-hydrogen) atoms. The lowest BCUT2D eigenvalue weighted by Gasteiger charge is -2.22. The first kappa shape index (κ1) is 57.6. The second-order valence-corrected chi connectivity index (χ2v) is 18.2. The molecule has 0 spiro atoms. The van der Waals surface area contributed by atoms with Crippen molar-refractivity contribution in [2.45, 2.75) is 302 Å². The Balaban J connectivity index is 3.38. The molecule has 2 atom stereocenters. The number of carbonyl (C=O) groups is 2. The van der Waals surface area contributed by atoms with Gasteiger partial charge in [0.25, 0.3) is 0 Å². The molecule has 0 saturated heterocycles. The van der Waals surface area contributed by atoms with E-state index < -0.39 is 12.1 Å². The largest absolute Gasteiger partial charge is 0.466 e. The van der Waals surface area contributed by atoms with Gasteiger partial charge in [0.2, 0.25) is 5.91 Å². The first-order valence-corrected chi connectivity index (χ1v) is 26.4. The van der Waals surface area contributed by atoms with Gasteiger partial charge < -0.3 is 20.3 Å². The Labute approximate surface area is 368 Å². The smallest absolute Gasteiger partial charge is 0.305 e. The molecule has 0 rings (SSSR count). The highest BCUT2D eigenvalue weighted by Crippen LogP contribution is 2.16. The zero-order valence-corrected chi connectivity index (χ0v) is 39.7. The number of aliphatic hydroxyl groups is 2. The van der Waals surface area contributed by atoms with E-state index in [1.165, 1.54) is 212 Å². The van der Waals surface area contributed by atoms with Crippen LogP contribution < -0.4 is 5.32 Å². The average molecular weight is 834 g/mol. The lowest BCUT2D eigenvalue weighted by molar-refractivity contribution is -0.143. The minimum Gasteiger partial charge on any atom is -0.466 e. The number of allylic oxidation sites excluding steroid dienone is 2. The number of esters is 1. The van der Waals surface area contributed by atoms with Crippen molar-refractivity contribution in [2.75, 3.05) is 13.2 Å². The molecular weight excluding hydrogens is 731 g/mol. The van der Waals surface area contributed by atoms with E-state index in [1.807, 2.05) is 0 Å². The van der Waals surface area contributed by atoms with Crippen LogP contribution in [0.15, 0.2) is 12.2 Å². The number of rotatable bonds is 49. The molecule has 350 valence electrons. The van der Waals surface area contributed by atoms with Crippen molar-refractivity contribution < 1.29 is 24.5 Å². The number of carbonyl (C=O) groups excluding carboxylic acids is 2. The number of ether oxygens (including phenoxy) is 1. The molecule has 0 aliphatic carbocycles. The Bertz CT molecular complexity index is 878. The molecular formula is C53H103NO5. The number of aliphatic hydroxyl groups excluding tert-OH is 2. The van der Waals surface area contributed by atoms with E-state index in [0.717, 1.165) is 44.9 Å². The molecule has 3 N–H and O–H groups in total. The summed E-state index contributed by atoms with van der Waals surface area (Å²) in [7, 11) is 0. The van der Waals surface area contributed by atoms with Crippen molar-refractivity contribution in [1.29, 1.82) is 0 Å². The van der Waals surface area contributed by atoms with E-state index in [-0.39, 0.29) is 18.5 Å². The second-order valence-electron chi connectivity index (χ2n) is 18.2. The summed E-state index contributed by atoms with van der Waals surface area (Å²) >= 11 is 0. The maximum atomic E-state index is 12.4. The van der Waals surface area contributed by atoms with Crippen LogP contribution in [-0.4, -0.2) is 47.4 Å². The molecule has 0 fully saturated rings. The third kappa shape index (κ3) is 45.9. The van der Waals surface area contributed by atoms with Gasteiger partial charge in [-0.2, -0.15) is 0 Å². The molecule has 2 unspecified atom stereocenters. The molecule has 0 saturated carbocycles. The molecule has 0 bridgehead atoms. The predicted molar refractivity (Wildman–Crippen MR) is 255 cm³/mol. The van der Waals surface area contributed by atoms with Crippen LogP contribution in [0.2, 0.25) is 0 Å². The molecule has 6 nitrogen and oxygen atoms in total. The van der Waals surface area contributed by atoms with Gasteiger partial charge in [0.15, 0.2) is 0 Å². The summed E-state index contributed by atoms with van der Waals surface area (Å²) in [4.78, 5) is 24.4. The fraction of sp³-hybridized carbons (Fsp3) is 0.925. The van der Waals surface area contributed by atoms with Crippen molar-refractivity contribution in [3.63, 3.8) is 0 Å². The van der Waals surface area contributed by atoms with Crippen molar-refractivity contribution >= 4 is 11.9 Å². The molecule has 6 heteroatoms. The van der Waals surface area contributed by atoms with Gasteiger partial charge in [-0.15, -0.1) is 0 Å². The zero-order valence-electron chi connectivity index (χ0n) is 39.7. The van der Waals surface area contributed by atoms with Crippen LogP contribution in [0, 0.1) is 0 Å². The number of hydrogen-bond acceptors (Lipinski definition) is 5. The molecule has 1 amide bonds. The Hall–Kier alpha value is -1.40. The zero-order chi connectivity index (χ0) is 43.0. The number of unbranched alkanes of at least 4 members (excludes halogenated alkanes) is 36. The highest BCUT2D eigenvalue weighted by molar-refractivity contribution is 5.76. The Morgan fingerprint density at radius 2 is 0.797 bits per heavy atom. The van der Waals surface area contributed by atoms with Crippen molar-refractivity contribution in [1.82, 2.24) is 5.32 Å². The van der Waals surface area contributed by atoms with Gasteiger partial charge in [-0.3, -0.25) is 9.59 Å². The van der Waals surface area contributed by atoms with E-state index in [9.17, 15) is 19.8 Å². The van der Waals surface area contributed by atoms with Crippen molar-refractivity contribution in [3.05, 3.63) is 12.2 Å². The molecule has 0 aromatic carbocycles. The fourth-order valence-corrected chi connectivity index (χ4v) is 8.22. The maximum Gasteiger partial charge on any atom is 0.305 e. The lowest BCUT2D eigenvalue weighted by atomic mass is 10.0. The Morgan fingerprint density at radius 1 is 0.458 bits per heavy atom. The van der Waals surface area contributed by atoms with E-state index in [1.54, 1.807) is 0 Å². The van der Waals surface area contributed by atoms with Gasteiger partial charge >= 0.3 is 5.97 Å². The molecule has 0 aliphatic rings. The van der Waals surface area contributed by atoms with Crippen LogP contribution in [0.3, 0.4) is 0 Å².